The van der Waals surface area contributed by atoms with Crippen LogP contribution in [0.25, 0.3) is 0 Å². The molecule has 0 aliphatic carbocycles. The molecule has 0 aliphatic rings. The molecule has 0 bridgehead atoms. The van der Waals surface area contributed by atoms with E-state index in [0.717, 1.165) is 0 Å². The monoisotopic (exact) mass is 280 g/mol. The smallest absolute Gasteiger partial charge is 0.118 e. The largest absolute Gasteiger partial charge is 0.508 e. The van der Waals surface area contributed by atoms with Gasteiger partial charge in [0.25, 0.3) is 0 Å². The number of phenols is 4. The third-order valence-electron chi connectivity index (χ3n) is 2.03. The van der Waals surface area contributed by atoms with E-state index in [1.165, 1.54) is 42.5 Å². The Balaban J connectivity index is 0.000000304. The Morgan fingerprint density at radius 2 is 1.05 bits per heavy atom. The van der Waals surface area contributed by atoms with Crippen LogP contribution in [0, 0.1) is 6.92 Å². The van der Waals surface area contributed by atoms with Crippen LogP contribution >= 0.6 is 0 Å². The Labute approximate surface area is 118 Å². The van der Waals surface area contributed by atoms with E-state index in [-0.39, 0.29) is 23.0 Å². The SMILES string of the molecule is COC.Cc1cc(O)ccc1O.Oc1ccc(O)cc1. The Morgan fingerprint density at radius 3 is 1.35 bits per heavy atom. The molecule has 5 nitrogen and oxygen atoms in total. The fourth-order valence-corrected chi connectivity index (χ4v) is 1.09. The maximum atomic E-state index is 8.93. The van der Waals surface area contributed by atoms with Gasteiger partial charge >= 0.3 is 0 Å². The molecule has 2 aromatic carbocycles. The quantitative estimate of drug-likeness (QED) is 0.557. The van der Waals surface area contributed by atoms with Crippen LogP contribution in [0.2, 0.25) is 0 Å². The highest BCUT2D eigenvalue weighted by atomic mass is 16.4. The summed E-state index contributed by atoms with van der Waals surface area (Å²) < 4.78 is 4.25. The van der Waals surface area contributed by atoms with Gasteiger partial charge in [-0.2, -0.15) is 0 Å². The number of ether oxygens (including phenoxy) is 1. The van der Waals surface area contributed by atoms with Crippen molar-refractivity contribution < 1.29 is 25.2 Å². The van der Waals surface area contributed by atoms with Gasteiger partial charge in [0.05, 0.1) is 0 Å². The van der Waals surface area contributed by atoms with Gasteiger partial charge in [-0.3, -0.25) is 0 Å². The van der Waals surface area contributed by atoms with Crippen molar-refractivity contribution in [1.82, 2.24) is 0 Å². The van der Waals surface area contributed by atoms with Crippen LogP contribution in [-0.4, -0.2) is 34.6 Å². The first-order valence-electron chi connectivity index (χ1n) is 5.77. The third-order valence-corrected chi connectivity index (χ3v) is 2.03. The number of aryl methyl sites for hydroxylation is 1. The van der Waals surface area contributed by atoms with Crippen LogP contribution in [0.15, 0.2) is 42.5 Å². The lowest BCUT2D eigenvalue weighted by atomic mass is 10.2. The second kappa shape index (κ2) is 9.52. The van der Waals surface area contributed by atoms with Gasteiger partial charge in [0.2, 0.25) is 0 Å². The van der Waals surface area contributed by atoms with E-state index in [1.54, 1.807) is 21.1 Å². The van der Waals surface area contributed by atoms with Crippen LogP contribution in [0.4, 0.5) is 0 Å². The summed E-state index contributed by atoms with van der Waals surface area (Å²) in [6.45, 7) is 1.73. The van der Waals surface area contributed by atoms with E-state index in [9.17, 15) is 0 Å². The van der Waals surface area contributed by atoms with Gasteiger partial charge < -0.3 is 25.2 Å². The molecular formula is C15H20O5. The number of hydrogen-bond donors (Lipinski definition) is 4. The molecule has 5 heteroatoms. The lowest BCUT2D eigenvalue weighted by Gasteiger charge is -1.96. The topological polar surface area (TPSA) is 90.2 Å². The molecule has 0 amide bonds. The molecule has 110 valence electrons. The first kappa shape index (κ1) is 17.6. The van der Waals surface area contributed by atoms with Crippen LogP contribution in [-0.2, 0) is 4.74 Å². The summed E-state index contributed by atoms with van der Waals surface area (Å²) in [7, 11) is 3.25. The molecule has 2 aromatic rings. The zero-order valence-electron chi connectivity index (χ0n) is 11.7. The van der Waals surface area contributed by atoms with Crippen LogP contribution in [0.5, 0.6) is 23.0 Å². The Kier molecular flexibility index (Phi) is 8.38. The highest BCUT2D eigenvalue weighted by Gasteiger charge is 1.93. The van der Waals surface area contributed by atoms with Gasteiger partial charge in [0.1, 0.15) is 23.0 Å². The fourth-order valence-electron chi connectivity index (χ4n) is 1.09. The molecule has 0 saturated heterocycles. The van der Waals surface area contributed by atoms with Gasteiger partial charge in [0.15, 0.2) is 0 Å². The summed E-state index contributed by atoms with van der Waals surface area (Å²) in [5.41, 5.74) is 0.690. The van der Waals surface area contributed by atoms with Crippen molar-refractivity contribution in [2.75, 3.05) is 14.2 Å². The maximum Gasteiger partial charge on any atom is 0.118 e. The zero-order chi connectivity index (χ0) is 15.5. The third kappa shape index (κ3) is 7.84. The summed E-state index contributed by atoms with van der Waals surface area (Å²) in [5, 5.41) is 35.1. The average Bonchev–Trinajstić information content (AvgIpc) is 2.40. The number of hydrogen-bond acceptors (Lipinski definition) is 5. The summed E-state index contributed by atoms with van der Waals surface area (Å²) >= 11 is 0. The summed E-state index contributed by atoms with van der Waals surface area (Å²) in [6, 6.07) is 10.1. The zero-order valence-corrected chi connectivity index (χ0v) is 11.7. The number of benzene rings is 2. The molecule has 0 fully saturated rings. The molecule has 0 unspecified atom stereocenters. The van der Waals surface area contributed by atoms with Gasteiger partial charge in [-0.05, 0) is 55.0 Å². The van der Waals surface area contributed by atoms with E-state index in [2.05, 4.69) is 4.74 Å². The number of phenolic OH excluding ortho intramolecular Hbond substituents is 4. The molecule has 0 atom stereocenters. The standard InChI is InChI=1S/C7H8O2.C6H6O2.C2H6O/c1-5-4-6(8)2-3-7(5)9;7-5-1-2-6(8)4-3-5;1-3-2/h2-4,8-9H,1H3;1-4,7-8H;1-2H3. The van der Waals surface area contributed by atoms with Crippen molar-refractivity contribution in [3.05, 3.63) is 48.0 Å². The minimum Gasteiger partial charge on any atom is -0.508 e. The van der Waals surface area contributed by atoms with E-state index < -0.39 is 0 Å². The van der Waals surface area contributed by atoms with Crippen LogP contribution < -0.4 is 0 Å². The minimum atomic E-state index is 0.169. The first-order chi connectivity index (χ1) is 9.40. The maximum absolute atomic E-state index is 8.93. The molecule has 0 saturated carbocycles. The van der Waals surface area contributed by atoms with Crippen molar-refractivity contribution >= 4 is 0 Å². The summed E-state index contributed by atoms with van der Waals surface area (Å²) in [5.74, 6) is 0.740. The predicted octanol–water partition coefficient (Wildman–Crippen LogP) is 2.77. The second-order valence-electron chi connectivity index (χ2n) is 3.90. The first-order valence-corrected chi connectivity index (χ1v) is 5.77. The van der Waals surface area contributed by atoms with Crippen molar-refractivity contribution in [3.63, 3.8) is 0 Å². The van der Waals surface area contributed by atoms with Crippen molar-refractivity contribution in [1.29, 1.82) is 0 Å². The van der Waals surface area contributed by atoms with Crippen molar-refractivity contribution in [2.24, 2.45) is 0 Å². The van der Waals surface area contributed by atoms with Gasteiger partial charge in [-0.15, -0.1) is 0 Å². The van der Waals surface area contributed by atoms with Gasteiger partial charge in [0, 0.05) is 14.2 Å². The second-order valence-corrected chi connectivity index (χ2v) is 3.90. The molecule has 4 N–H and O–H groups in total. The minimum absolute atomic E-state index is 0.169. The van der Waals surface area contributed by atoms with Crippen molar-refractivity contribution in [3.8, 4) is 23.0 Å². The molecular weight excluding hydrogens is 260 g/mol. The van der Waals surface area contributed by atoms with Crippen LogP contribution in [0.3, 0.4) is 0 Å². The van der Waals surface area contributed by atoms with E-state index in [4.69, 9.17) is 20.4 Å². The summed E-state index contributed by atoms with van der Waals surface area (Å²) in [6.07, 6.45) is 0. The van der Waals surface area contributed by atoms with Crippen molar-refractivity contribution in [2.45, 2.75) is 6.92 Å². The highest BCUT2D eigenvalue weighted by molar-refractivity contribution is 5.37. The summed E-state index contributed by atoms with van der Waals surface area (Å²) in [4.78, 5) is 0. The highest BCUT2D eigenvalue weighted by Crippen LogP contribution is 2.19. The van der Waals surface area contributed by atoms with Crippen LogP contribution in [0.1, 0.15) is 5.56 Å². The molecule has 20 heavy (non-hydrogen) atoms. The Morgan fingerprint density at radius 1 is 0.700 bits per heavy atom. The Bertz CT molecular complexity index is 473. The lowest BCUT2D eigenvalue weighted by Crippen LogP contribution is -1.71. The molecule has 0 aromatic heterocycles. The molecule has 2 rings (SSSR count). The molecule has 0 heterocycles. The molecule has 0 spiro atoms. The lowest BCUT2D eigenvalue weighted by molar-refractivity contribution is 0.277. The number of rotatable bonds is 0. The fraction of sp³-hybridized carbons (Fsp3) is 0.200. The number of aromatic hydroxyl groups is 4. The Hall–Kier alpha value is -2.40. The van der Waals surface area contributed by atoms with Gasteiger partial charge in [-0.1, -0.05) is 0 Å². The van der Waals surface area contributed by atoms with E-state index in [1.807, 2.05) is 0 Å². The predicted molar refractivity (Wildman–Crippen MR) is 77.2 cm³/mol. The van der Waals surface area contributed by atoms with E-state index in [0.29, 0.717) is 5.56 Å². The van der Waals surface area contributed by atoms with E-state index >= 15 is 0 Å². The average molecular weight is 280 g/mol. The number of methoxy groups -OCH3 is 1. The molecule has 0 aliphatic heterocycles. The molecule has 0 radical (unpaired) electrons. The van der Waals surface area contributed by atoms with Gasteiger partial charge in [-0.25, -0.2) is 0 Å². The normalized spacial score (nSPS) is 8.75.